The molecule has 0 aromatic carbocycles. The van der Waals surface area contributed by atoms with Gasteiger partial charge in [-0.3, -0.25) is 0 Å². The first-order valence-electron chi connectivity index (χ1n) is 6.30. The number of thiophene rings is 1. The Labute approximate surface area is 111 Å². The van der Waals surface area contributed by atoms with Gasteiger partial charge in [-0.05, 0) is 12.5 Å². The van der Waals surface area contributed by atoms with Gasteiger partial charge in [-0.2, -0.15) is 0 Å². The van der Waals surface area contributed by atoms with Gasteiger partial charge in [0.05, 0.1) is 5.39 Å². The molecular weight excluding hydrogens is 246 g/mol. The number of nitrogens with one attached hydrogen (secondary N) is 1. The maximum absolute atomic E-state index is 5.72. The zero-order valence-corrected chi connectivity index (χ0v) is 11.9. The number of fused-ring (bicyclic) bond motifs is 1. The van der Waals surface area contributed by atoms with Crippen LogP contribution in [0.3, 0.4) is 0 Å². The first-order valence-corrected chi connectivity index (χ1v) is 7.12. The normalized spacial score (nSPS) is 11.3. The van der Waals surface area contributed by atoms with Crippen molar-refractivity contribution >= 4 is 21.6 Å². The van der Waals surface area contributed by atoms with Gasteiger partial charge in [-0.25, -0.2) is 9.97 Å². The van der Waals surface area contributed by atoms with E-state index in [0.717, 1.165) is 23.2 Å². The molecule has 2 aromatic rings. The number of hydrogen-bond donors (Lipinski definition) is 1. The van der Waals surface area contributed by atoms with Crippen LogP contribution in [0.1, 0.15) is 25.6 Å². The number of ether oxygens (including phenoxy) is 1. The standard InChI is InChI=1S/C13H19N3OS/c1-4-10-7-11-12(15-8-16-13(11)18-10)17-6-5-14-9(2)3/h7-9,14H,4-6H2,1-3H3. The van der Waals surface area contributed by atoms with Crippen molar-refractivity contribution in [2.24, 2.45) is 0 Å². The van der Waals surface area contributed by atoms with Gasteiger partial charge in [0.1, 0.15) is 17.8 Å². The predicted octanol–water partition coefficient (Wildman–Crippen LogP) is 2.63. The van der Waals surface area contributed by atoms with E-state index in [1.807, 2.05) is 0 Å². The van der Waals surface area contributed by atoms with E-state index >= 15 is 0 Å². The summed E-state index contributed by atoms with van der Waals surface area (Å²) in [5.74, 6) is 0.696. The summed E-state index contributed by atoms with van der Waals surface area (Å²) in [6, 6.07) is 2.61. The number of rotatable bonds is 6. The van der Waals surface area contributed by atoms with Crippen molar-refractivity contribution < 1.29 is 4.74 Å². The third-order valence-corrected chi connectivity index (χ3v) is 3.77. The molecule has 0 aliphatic rings. The van der Waals surface area contributed by atoms with Gasteiger partial charge in [-0.15, -0.1) is 11.3 Å². The monoisotopic (exact) mass is 265 g/mol. The molecule has 0 aliphatic carbocycles. The first kappa shape index (κ1) is 13.2. The van der Waals surface area contributed by atoms with Crippen LogP contribution in [0.25, 0.3) is 10.2 Å². The molecule has 0 saturated carbocycles. The highest BCUT2D eigenvalue weighted by atomic mass is 32.1. The SMILES string of the molecule is CCc1cc2c(OCCNC(C)C)ncnc2s1. The highest BCUT2D eigenvalue weighted by Gasteiger charge is 2.08. The molecule has 2 heterocycles. The third kappa shape index (κ3) is 3.17. The van der Waals surface area contributed by atoms with Crippen LogP contribution in [0.4, 0.5) is 0 Å². The minimum Gasteiger partial charge on any atom is -0.476 e. The maximum Gasteiger partial charge on any atom is 0.225 e. The van der Waals surface area contributed by atoms with Crippen molar-refractivity contribution in [1.82, 2.24) is 15.3 Å². The van der Waals surface area contributed by atoms with E-state index in [0.29, 0.717) is 18.5 Å². The van der Waals surface area contributed by atoms with Gasteiger partial charge in [-0.1, -0.05) is 20.8 Å². The van der Waals surface area contributed by atoms with E-state index in [2.05, 4.69) is 42.1 Å². The Morgan fingerprint density at radius 2 is 2.22 bits per heavy atom. The van der Waals surface area contributed by atoms with Crippen molar-refractivity contribution in [3.8, 4) is 5.88 Å². The second kappa shape index (κ2) is 6.11. The van der Waals surface area contributed by atoms with E-state index in [4.69, 9.17) is 4.74 Å². The molecule has 2 rings (SSSR count). The van der Waals surface area contributed by atoms with Crippen molar-refractivity contribution in [1.29, 1.82) is 0 Å². The highest BCUT2D eigenvalue weighted by Crippen LogP contribution is 2.29. The van der Waals surface area contributed by atoms with E-state index in [-0.39, 0.29) is 0 Å². The molecule has 0 fully saturated rings. The maximum atomic E-state index is 5.72. The molecule has 0 unspecified atom stereocenters. The molecule has 0 saturated heterocycles. The molecule has 5 heteroatoms. The predicted molar refractivity (Wildman–Crippen MR) is 75.4 cm³/mol. The lowest BCUT2D eigenvalue weighted by atomic mass is 10.3. The van der Waals surface area contributed by atoms with Gasteiger partial charge in [0, 0.05) is 17.5 Å². The second-order valence-corrected chi connectivity index (χ2v) is 5.54. The van der Waals surface area contributed by atoms with Crippen LogP contribution in [0.2, 0.25) is 0 Å². The molecule has 0 radical (unpaired) electrons. The first-order chi connectivity index (χ1) is 8.70. The Hall–Kier alpha value is -1.20. The average molecular weight is 265 g/mol. The second-order valence-electron chi connectivity index (χ2n) is 4.42. The molecule has 4 nitrogen and oxygen atoms in total. The van der Waals surface area contributed by atoms with Crippen molar-refractivity contribution in [3.63, 3.8) is 0 Å². The molecule has 18 heavy (non-hydrogen) atoms. The van der Waals surface area contributed by atoms with E-state index in [1.165, 1.54) is 4.88 Å². The van der Waals surface area contributed by atoms with Gasteiger partial charge in [0.25, 0.3) is 0 Å². The minimum atomic E-state index is 0.479. The summed E-state index contributed by atoms with van der Waals surface area (Å²) in [6.07, 6.45) is 2.60. The number of hydrogen-bond acceptors (Lipinski definition) is 5. The zero-order valence-electron chi connectivity index (χ0n) is 11.1. The Balaban J connectivity index is 2.05. The molecule has 0 aliphatic heterocycles. The summed E-state index contributed by atoms with van der Waals surface area (Å²) in [4.78, 5) is 10.8. The Bertz CT molecular complexity index is 510. The lowest BCUT2D eigenvalue weighted by molar-refractivity contribution is 0.301. The van der Waals surface area contributed by atoms with E-state index < -0.39 is 0 Å². The van der Waals surface area contributed by atoms with Crippen LogP contribution in [0.15, 0.2) is 12.4 Å². The average Bonchev–Trinajstić information content (AvgIpc) is 2.78. The van der Waals surface area contributed by atoms with Crippen LogP contribution in [-0.4, -0.2) is 29.2 Å². The fourth-order valence-corrected chi connectivity index (χ4v) is 2.59. The molecule has 1 N–H and O–H groups in total. The zero-order chi connectivity index (χ0) is 13.0. The van der Waals surface area contributed by atoms with E-state index in [1.54, 1.807) is 17.7 Å². The summed E-state index contributed by atoms with van der Waals surface area (Å²) in [6.45, 7) is 7.84. The van der Waals surface area contributed by atoms with Crippen LogP contribution >= 0.6 is 11.3 Å². The van der Waals surface area contributed by atoms with Crippen LogP contribution in [-0.2, 0) is 6.42 Å². The summed E-state index contributed by atoms with van der Waals surface area (Å²) in [5.41, 5.74) is 0. The minimum absolute atomic E-state index is 0.479. The molecule has 0 amide bonds. The number of aromatic nitrogens is 2. The van der Waals surface area contributed by atoms with Crippen molar-refractivity contribution in [3.05, 3.63) is 17.3 Å². The fraction of sp³-hybridized carbons (Fsp3) is 0.538. The highest BCUT2D eigenvalue weighted by molar-refractivity contribution is 7.18. The van der Waals surface area contributed by atoms with E-state index in [9.17, 15) is 0 Å². The Morgan fingerprint density at radius 3 is 2.94 bits per heavy atom. The molecular formula is C13H19N3OS. The molecule has 0 bridgehead atoms. The Morgan fingerprint density at radius 1 is 1.39 bits per heavy atom. The summed E-state index contributed by atoms with van der Waals surface area (Å²) in [7, 11) is 0. The van der Waals surface area contributed by atoms with Gasteiger partial charge >= 0.3 is 0 Å². The Kier molecular flexibility index (Phi) is 4.49. The van der Waals surface area contributed by atoms with Gasteiger partial charge < -0.3 is 10.1 Å². The fourth-order valence-electron chi connectivity index (χ4n) is 1.67. The van der Waals surface area contributed by atoms with Gasteiger partial charge in [0.15, 0.2) is 0 Å². The summed E-state index contributed by atoms with van der Waals surface area (Å²) >= 11 is 1.71. The molecule has 0 spiro atoms. The van der Waals surface area contributed by atoms with Crippen molar-refractivity contribution in [2.45, 2.75) is 33.2 Å². The topological polar surface area (TPSA) is 47.0 Å². The summed E-state index contributed by atoms with van der Waals surface area (Å²) < 4.78 is 5.72. The molecule has 0 atom stereocenters. The lowest BCUT2D eigenvalue weighted by Crippen LogP contribution is -2.27. The van der Waals surface area contributed by atoms with Crippen LogP contribution in [0.5, 0.6) is 5.88 Å². The largest absolute Gasteiger partial charge is 0.476 e. The van der Waals surface area contributed by atoms with Crippen molar-refractivity contribution in [2.75, 3.05) is 13.2 Å². The molecule has 98 valence electrons. The molecule has 2 aromatic heterocycles. The quantitative estimate of drug-likeness (QED) is 0.816. The van der Waals surface area contributed by atoms with Crippen LogP contribution in [0, 0.1) is 0 Å². The summed E-state index contributed by atoms with van der Waals surface area (Å²) in [5, 5.41) is 4.35. The third-order valence-electron chi connectivity index (χ3n) is 2.59. The number of nitrogens with zero attached hydrogens (tertiary/aromatic N) is 2. The van der Waals surface area contributed by atoms with Gasteiger partial charge in [0.2, 0.25) is 5.88 Å². The lowest BCUT2D eigenvalue weighted by Gasteiger charge is -2.09. The van der Waals surface area contributed by atoms with Crippen LogP contribution < -0.4 is 10.1 Å². The smallest absolute Gasteiger partial charge is 0.225 e. The number of aryl methyl sites for hydroxylation is 1.